The zero-order valence-electron chi connectivity index (χ0n) is 9.60. The number of rotatable bonds is 3. The van der Waals surface area contributed by atoms with Gasteiger partial charge in [-0.05, 0) is 30.7 Å². The smallest absolute Gasteiger partial charge is 0.0923 e. The number of halogens is 1. The lowest BCUT2D eigenvalue weighted by atomic mass is 9.89. The normalized spacial score (nSPS) is 14.3. The molecule has 0 saturated carbocycles. The summed E-state index contributed by atoms with van der Waals surface area (Å²) in [5.74, 6) is 0. The molecule has 1 atom stereocenters. The fourth-order valence-corrected chi connectivity index (χ4v) is 2.23. The lowest BCUT2D eigenvalue weighted by Gasteiger charge is -2.25. The van der Waals surface area contributed by atoms with Crippen LogP contribution in [0.1, 0.15) is 18.1 Å². The Morgan fingerprint density at radius 2 is 1.82 bits per heavy atom. The molecule has 0 aliphatic heterocycles. The van der Waals surface area contributed by atoms with Crippen molar-refractivity contribution in [2.24, 2.45) is 0 Å². The minimum absolute atomic E-state index is 0.513. The van der Waals surface area contributed by atoms with Crippen LogP contribution in [0.2, 0.25) is 5.02 Å². The molecule has 0 aliphatic carbocycles. The molecule has 0 fully saturated rings. The van der Waals surface area contributed by atoms with E-state index in [1.165, 1.54) is 0 Å². The Labute approximate surface area is 106 Å². The molecule has 2 nitrogen and oxygen atoms in total. The third-order valence-electron chi connectivity index (χ3n) is 2.75. The third kappa shape index (κ3) is 2.84. The van der Waals surface area contributed by atoms with E-state index in [1.807, 2.05) is 30.3 Å². The summed E-state index contributed by atoms with van der Waals surface area (Å²) in [6.07, 6.45) is 3.95. The maximum atomic E-state index is 10.5. The number of aliphatic hydroxyl groups is 1. The number of aromatic nitrogens is 1. The molecule has 0 saturated heterocycles. The molecule has 1 aromatic heterocycles. The van der Waals surface area contributed by atoms with Crippen LogP contribution in [0.4, 0.5) is 0 Å². The summed E-state index contributed by atoms with van der Waals surface area (Å²) < 4.78 is 0. The van der Waals surface area contributed by atoms with Crippen molar-refractivity contribution in [2.75, 3.05) is 0 Å². The number of hydrogen-bond acceptors (Lipinski definition) is 2. The maximum absolute atomic E-state index is 10.5. The van der Waals surface area contributed by atoms with E-state index >= 15 is 0 Å². The van der Waals surface area contributed by atoms with Crippen LogP contribution in [0.25, 0.3) is 0 Å². The molecule has 0 bridgehead atoms. The highest BCUT2D eigenvalue weighted by Crippen LogP contribution is 2.30. The van der Waals surface area contributed by atoms with E-state index in [0.717, 1.165) is 11.1 Å². The van der Waals surface area contributed by atoms with Gasteiger partial charge in [0.2, 0.25) is 0 Å². The Kier molecular flexibility index (Phi) is 3.46. The van der Waals surface area contributed by atoms with Crippen LogP contribution in [0.3, 0.4) is 0 Å². The number of nitrogens with zero attached hydrogens (tertiary/aromatic N) is 1. The quantitative estimate of drug-likeness (QED) is 0.904. The molecule has 0 spiro atoms. The molecule has 1 unspecified atom stereocenters. The Morgan fingerprint density at radius 3 is 2.47 bits per heavy atom. The maximum Gasteiger partial charge on any atom is 0.0923 e. The van der Waals surface area contributed by atoms with Gasteiger partial charge in [-0.15, -0.1) is 0 Å². The average molecular weight is 248 g/mol. The van der Waals surface area contributed by atoms with Crippen molar-refractivity contribution in [1.29, 1.82) is 0 Å². The van der Waals surface area contributed by atoms with Crippen LogP contribution in [-0.4, -0.2) is 10.1 Å². The molecule has 3 heteroatoms. The van der Waals surface area contributed by atoms with Crippen LogP contribution in [0.5, 0.6) is 0 Å². The summed E-state index contributed by atoms with van der Waals surface area (Å²) in [5, 5.41) is 11.1. The van der Waals surface area contributed by atoms with E-state index in [1.54, 1.807) is 25.4 Å². The zero-order chi connectivity index (χ0) is 12.3. The van der Waals surface area contributed by atoms with Gasteiger partial charge >= 0.3 is 0 Å². The van der Waals surface area contributed by atoms with Gasteiger partial charge in [-0.3, -0.25) is 4.98 Å². The predicted octanol–water partition coefficient (Wildman–Crippen LogP) is 3.19. The second-order valence-electron chi connectivity index (χ2n) is 4.29. The van der Waals surface area contributed by atoms with Crippen molar-refractivity contribution in [1.82, 2.24) is 4.98 Å². The molecule has 0 radical (unpaired) electrons. The van der Waals surface area contributed by atoms with Crippen LogP contribution >= 0.6 is 11.6 Å². The van der Waals surface area contributed by atoms with Crippen molar-refractivity contribution >= 4 is 11.6 Å². The van der Waals surface area contributed by atoms with Crippen molar-refractivity contribution in [3.05, 3.63) is 64.9 Å². The Morgan fingerprint density at radius 1 is 1.18 bits per heavy atom. The molecule has 1 aromatic carbocycles. The first-order chi connectivity index (χ1) is 8.09. The second-order valence-corrected chi connectivity index (χ2v) is 4.69. The van der Waals surface area contributed by atoms with Crippen LogP contribution in [0, 0.1) is 0 Å². The lowest BCUT2D eigenvalue weighted by molar-refractivity contribution is 0.0577. The van der Waals surface area contributed by atoms with Gasteiger partial charge in [-0.1, -0.05) is 29.8 Å². The first kappa shape index (κ1) is 12.1. The van der Waals surface area contributed by atoms with E-state index in [-0.39, 0.29) is 0 Å². The molecule has 17 heavy (non-hydrogen) atoms. The minimum atomic E-state index is -0.973. The first-order valence-electron chi connectivity index (χ1n) is 5.46. The number of hydrogen-bond donors (Lipinski definition) is 1. The summed E-state index contributed by atoms with van der Waals surface area (Å²) in [6.45, 7) is 1.77. The first-order valence-corrected chi connectivity index (χ1v) is 5.84. The fourth-order valence-electron chi connectivity index (χ4n) is 1.89. The highest BCUT2D eigenvalue weighted by molar-refractivity contribution is 6.31. The Bertz CT molecular complexity index is 497. The standard InChI is InChI=1S/C14H14ClNO/c1-14(17,10-11-6-8-16-9-7-11)12-4-2-3-5-13(12)15/h2-9,17H,10H2,1H3. The van der Waals surface area contributed by atoms with Gasteiger partial charge in [0, 0.05) is 29.4 Å². The van der Waals surface area contributed by atoms with Crippen molar-refractivity contribution in [2.45, 2.75) is 18.9 Å². The van der Waals surface area contributed by atoms with E-state index in [9.17, 15) is 5.11 Å². The molecule has 88 valence electrons. The van der Waals surface area contributed by atoms with Gasteiger partial charge in [-0.2, -0.15) is 0 Å². The van der Waals surface area contributed by atoms with E-state index in [4.69, 9.17) is 11.6 Å². The van der Waals surface area contributed by atoms with Crippen molar-refractivity contribution < 1.29 is 5.11 Å². The van der Waals surface area contributed by atoms with Gasteiger partial charge in [-0.25, -0.2) is 0 Å². The minimum Gasteiger partial charge on any atom is -0.385 e. The molecular formula is C14H14ClNO. The van der Waals surface area contributed by atoms with Gasteiger partial charge in [0.1, 0.15) is 0 Å². The van der Waals surface area contributed by atoms with Crippen LogP contribution < -0.4 is 0 Å². The van der Waals surface area contributed by atoms with E-state index < -0.39 is 5.60 Å². The predicted molar refractivity (Wildman–Crippen MR) is 69.0 cm³/mol. The summed E-state index contributed by atoms with van der Waals surface area (Å²) in [6, 6.07) is 11.2. The highest BCUT2D eigenvalue weighted by atomic mass is 35.5. The van der Waals surface area contributed by atoms with Crippen molar-refractivity contribution in [3.63, 3.8) is 0 Å². The Hall–Kier alpha value is -1.38. The molecule has 0 aliphatic rings. The summed E-state index contributed by atoms with van der Waals surface area (Å²) in [4.78, 5) is 3.96. The molecule has 2 aromatic rings. The second kappa shape index (κ2) is 4.86. The van der Waals surface area contributed by atoms with Gasteiger partial charge < -0.3 is 5.11 Å². The lowest BCUT2D eigenvalue weighted by Crippen LogP contribution is -2.24. The molecular weight excluding hydrogens is 234 g/mol. The van der Waals surface area contributed by atoms with E-state index in [2.05, 4.69) is 4.98 Å². The average Bonchev–Trinajstić information content (AvgIpc) is 2.30. The number of pyridine rings is 1. The van der Waals surface area contributed by atoms with Crippen molar-refractivity contribution in [3.8, 4) is 0 Å². The molecule has 2 rings (SSSR count). The van der Waals surface area contributed by atoms with E-state index in [0.29, 0.717) is 11.4 Å². The van der Waals surface area contributed by atoms with Gasteiger partial charge in [0.15, 0.2) is 0 Å². The van der Waals surface area contributed by atoms with Gasteiger partial charge in [0.25, 0.3) is 0 Å². The number of benzene rings is 1. The SMILES string of the molecule is CC(O)(Cc1ccncc1)c1ccccc1Cl. The fraction of sp³-hybridized carbons (Fsp3) is 0.214. The van der Waals surface area contributed by atoms with Crippen LogP contribution in [0.15, 0.2) is 48.8 Å². The Balaban J connectivity index is 2.28. The van der Waals surface area contributed by atoms with Crippen LogP contribution in [-0.2, 0) is 12.0 Å². The summed E-state index contributed by atoms with van der Waals surface area (Å²) in [7, 11) is 0. The third-order valence-corrected chi connectivity index (χ3v) is 3.08. The monoisotopic (exact) mass is 247 g/mol. The summed E-state index contributed by atoms with van der Waals surface area (Å²) in [5.41, 5.74) is 0.808. The topological polar surface area (TPSA) is 33.1 Å². The zero-order valence-corrected chi connectivity index (χ0v) is 10.4. The largest absolute Gasteiger partial charge is 0.385 e. The molecule has 1 N–H and O–H groups in total. The van der Waals surface area contributed by atoms with Gasteiger partial charge in [0.05, 0.1) is 5.60 Å². The molecule has 1 heterocycles. The summed E-state index contributed by atoms with van der Waals surface area (Å²) >= 11 is 6.10. The molecule has 0 amide bonds. The highest BCUT2D eigenvalue weighted by Gasteiger charge is 2.25.